The molecule has 2 aliphatic heterocycles. The third-order valence-corrected chi connectivity index (χ3v) is 15.0. The van der Waals surface area contributed by atoms with E-state index in [4.69, 9.17) is 12.8 Å². The number of allylic oxidation sites excluding steroid dienone is 4. The Kier molecular flexibility index (Phi) is 28.2. The average Bonchev–Trinajstić information content (AvgIpc) is 4.07. The second kappa shape index (κ2) is 31.8. The molecule has 484 valence electrons. The van der Waals surface area contributed by atoms with Crippen molar-refractivity contribution in [1.29, 1.82) is 10.5 Å². The standard InChI is InChI=1S/C37H44F7N7O5.C17H16F3N3O.2C4H10/c1-10-22(21(4)38)28-23(25(11-45)49-30(54)29-20(3)33(5,6)17-51(29)27(53)15-48-32(56)37(42,43)44)12-46-13-24(28)34(7,8)35(9)18-50(16-19(35)2)26(52)14-47-31(55)36(39,40)41;1-5-12(11(4)17(18,19)20)16-13(10(2)3)7-22-8-14(16)15(6-21)23-9-24;2*1-4(2)3/h1,12-13,19-20,25,29H,14-18H2,2-9H3,(H,47,55)(H,48,56)(H,49,54);1,7-10,15H,2-4H3,(H,23,24);2*4H,1-3H3/b22-21+;12-11+;;/t19-,20-,25?,29?,35?;;;/m0.../s1. The molecule has 4 heterocycles. The van der Waals surface area contributed by atoms with Crippen molar-refractivity contribution in [3.8, 4) is 36.8 Å². The number of aromatic nitrogens is 2. The van der Waals surface area contributed by atoms with Crippen molar-refractivity contribution < 1.29 is 72.7 Å². The maximum Gasteiger partial charge on any atom is 0.471 e. The molecule has 0 aromatic carbocycles. The zero-order valence-corrected chi connectivity index (χ0v) is 52.6. The van der Waals surface area contributed by atoms with Crippen LogP contribution in [0.3, 0.4) is 0 Å². The first-order valence-electron chi connectivity index (χ1n) is 27.8. The van der Waals surface area contributed by atoms with Gasteiger partial charge in [0.15, 0.2) is 0 Å². The number of terminal acetylenes is 2. The summed E-state index contributed by atoms with van der Waals surface area (Å²) in [4.78, 5) is 84.2. The third-order valence-electron chi connectivity index (χ3n) is 15.0. The Morgan fingerprint density at radius 2 is 1.15 bits per heavy atom. The van der Waals surface area contributed by atoms with Gasteiger partial charge >= 0.3 is 30.3 Å². The van der Waals surface area contributed by atoms with E-state index in [9.17, 15) is 78.8 Å². The quantitative estimate of drug-likeness (QED) is 0.0749. The highest BCUT2D eigenvalue weighted by Crippen LogP contribution is 2.53. The van der Waals surface area contributed by atoms with Gasteiger partial charge in [-0.3, -0.25) is 38.7 Å². The number of alkyl halides is 9. The summed E-state index contributed by atoms with van der Waals surface area (Å²) in [6, 6.07) is -0.292. The summed E-state index contributed by atoms with van der Waals surface area (Å²) in [6.07, 6.45) is 1.66. The van der Waals surface area contributed by atoms with Gasteiger partial charge in [-0.2, -0.15) is 50.0 Å². The van der Waals surface area contributed by atoms with Crippen molar-refractivity contribution in [1.82, 2.24) is 41.0 Å². The van der Waals surface area contributed by atoms with Crippen LogP contribution in [0.5, 0.6) is 0 Å². The number of nitrogens with zero attached hydrogens (tertiary/aromatic N) is 6. The Bertz CT molecular complexity index is 3070. The summed E-state index contributed by atoms with van der Waals surface area (Å²) < 4.78 is 131. The first kappa shape index (κ1) is 78.0. The number of nitriles is 2. The molecule has 26 heteroatoms. The molecule has 6 atom stereocenters. The molecule has 4 rings (SSSR count). The summed E-state index contributed by atoms with van der Waals surface area (Å²) in [7, 11) is 0. The summed E-state index contributed by atoms with van der Waals surface area (Å²) in [5, 5.41) is 27.6. The predicted octanol–water partition coefficient (Wildman–Crippen LogP) is 10.9. The van der Waals surface area contributed by atoms with Crippen LogP contribution in [0.1, 0.15) is 169 Å². The lowest BCUT2D eigenvalue weighted by molar-refractivity contribution is -0.174. The van der Waals surface area contributed by atoms with Crippen LogP contribution < -0.4 is 21.3 Å². The number of halogens is 10. The highest BCUT2D eigenvalue weighted by atomic mass is 19.4. The molecule has 0 saturated carbocycles. The number of amides is 6. The molecule has 88 heavy (non-hydrogen) atoms. The van der Waals surface area contributed by atoms with E-state index in [2.05, 4.69) is 74.0 Å². The van der Waals surface area contributed by atoms with E-state index < -0.39 is 113 Å². The van der Waals surface area contributed by atoms with Crippen LogP contribution in [0.25, 0.3) is 11.1 Å². The first-order chi connectivity index (χ1) is 40.2. The van der Waals surface area contributed by atoms with Crippen LogP contribution in [-0.2, 0) is 34.2 Å². The summed E-state index contributed by atoms with van der Waals surface area (Å²) in [6.45, 7) is 28.7. The molecule has 4 unspecified atom stereocenters. The second-order valence-corrected chi connectivity index (χ2v) is 24.4. The number of pyridine rings is 2. The monoisotopic (exact) mass is 1250 g/mol. The lowest BCUT2D eigenvalue weighted by Crippen LogP contribution is -2.52. The highest BCUT2D eigenvalue weighted by molar-refractivity contribution is 5.93. The van der Waals surface area contributed by atoms with E-state index in [1.54, 1.807) is 67.6 Å². The number of nitrogens with one attached hydrogen (secondary N) is 4. The normalized spacial score (nSPS) is 19.4. The van der Waals surface area contributed by atoms with Crippen molar-refractivity contribution in [2.24, 2.45) is 34.5 Å². The third kappa shape index (κ3) is 20.0. The molecule has 0 bridgehead atoms. The molecule has 0 spiro atoms. The van der Waals surface area contributed by atoms with Crippen molar-refractivity contribution in [2.75, 3.05) is 32.7 Å². The summed E-state index contributed by atoms with van der Waals surface area (Å²) in [5.74, 6) is -3.21. The van der Waals surface area contributed by atoms with E-state index in [1.165, 1.54) is 35.0 Å². The average molecular weight is 1250 g/mol. The van der Waals surface area contributed by atoms with Gasteiger partial charge in [0, 0.05) is 77.8 Å². The van der Waals surface area contributed by atoms with Crippen LogP contribution in [0.2, 0.25) is 0 Å². The van der Waals surface area contributed by atoms with Crippen LogP contribution >= 0.6 is 0 Å². The zero-order valence-electron chi connectivity index (χ0n) is 52.6. The van der Waals surface area contributed by atoms with Gasteiger partial charge in [0.2, 0.25) is 24.1 Å². The largest absolute Gasteiger partial charge is 0.471 e. The lowest BCUT2D eigenvalue weighted by atomic mass is 9.58. The minimum absolute atomic E-state index is 0.0117. The van der Waals surface area contributed by atoms with Gasteiger partial charge in [0.1, 0.15) is 24.0 Å². The molecular weight excluding hydrogens is 1170 g/mol. The van der Waals surface area contributed by atoms with Gasteiger partial charge in [-0.25, -0.2) is 4.39 Å². The molecule has 2 aliphatic rings. The molecule has 2 fully saturated rings. The lowest BCUT2D eigenvalue weighted by Gasteiger charge is -2.46. The number of carbonyl (C=O) groups is 6. The van der Waals surface area contributed by atoms with Gasteiger partial charge in [-0.05, 0) is 70.8 Å². The van der Waals surface area contributed by atoms with Crippen LogP contribution in [0.15, 0.2) is 36.2 Å². The topological polar surface area (TPSA) is 230 Å². The molecule has 6 amide bonds. The number of rotatable bonds is 15. The van der Waals surface area contributed by atoms with Gasteiger partial charge in [-0.1, -0.05) is 116 Å². The zero-order chi connectivity index (χ0) is 68.6. The molecule has 0 aliphatic carbocycles. The Morgan fingerprint density at radius 1 is 0.705 bits per heavy atom. The Labute approximate surface area is 509 Å². The molecule has 2 saturated heterocycles. The van der Waals surface area contributed by atoms with Gasteiger partial charge < -0.3 is 31.1 Å². The number of likely N-dealkylation sites (tertiary alicyclic amines) is 2. The fourth-order valence-electron chi connectivity index (χ4n) is 9.59. The van der Waals surface area contributed by atoms with Gasteiger partial charge in [0.25, 0.3) is 0 Å². The Hall–Kier alpha value is -8.00. The fraction of sp³-hybridized carbons (Fsp3) is 0.581. The van der Waals surface area contributed by atoms with E-state index in [1.807, 2.05) is 12.1 Å². The predicted molar refractivity (Wildman–Crippen MR) is 311 cm³/mol. The number of hydrogen-bond donors (Lipinski definition) is 4. The van der Waals surface area contributed by atoms with Gasteiger partial charge in [-0.15, -0.1) is 12.8 Å². The van der Waals surface area contributed by atoms with Crippen molar-refractivity contribution in [2.45, 2.75) is 166 Å². The minimum atomic E-state index is -5.25. The molecule has 4 N–H and O–H groups in total. The van der Waals surface area contributed by atoms with E-state index in [-0.39, 0.29) is 70.4 Å². The maximum atomic E-state index is 15.3. The Balaban J connectivity index is 0.000000994. The van der Waals surface area contributed by atoms with E-state index in [0.717, 1.165) is 30.6 Å². The fourth-order valence-corrected chi connectivity index (χ4v) is 9.59. The molecule has 2 aromatic rings. The maximum absolute atomic E-state index is 15.3. The molecular formula is C62H80F10N10O6. The van der Waals surface area contributed by atoms with Crippen molar-refractivity contribution in [3.63, 3.8) is 0 Å². The Morgan fingerprint density at radius 3 is 1.56 bits per heavy atom. The smallest absolute Gasteiger partial charge is 0.340 e. The second-order valence-electron chi connectivity index (χ2n) is 24.4. The first-order valence-corrected chi connectivity index (χ1v) is 27.8. The highest BCUT2D eigenvalue weighted by Gasteiger charge is 2.54. The van der Waals surface area contributed by atoms with E-state index >= 15 is 4.39 Å². The molecule has 16 nitrogen and oxygen atoms in total. The SMILES string of the molecule is C#C/C(=C(/C)C(F)(F)F)c1c(C(C)C)cncc1C(C#N)NC=O.C#C/C(=C(/C)F)c1c(C(C#N)NC(=O)C2[C@H](C)C(C)(C)CN2C(=O)CNC(=O)C(F)(F)F)cncc1C(C)(C)C1(C)CN(C(=O)CNC(=O)C(F)(F)F)C[C@@H]1C.CC(C)C.CC(C)C. The number of carbonyl (C=O) groups excluding carboxylic acids is 6. The number of hydrogen-bond acceptors (Lipinski definition) is 10. The van der Waals surface area contributed by atoms with Crippen molar-refractivity contribution >= 4 is 47.1 Å². The summed E-state index contributed by atoms with van der Waals surface area (Å²) in [5.41, 5.74) is -3.42. The van der Waals surface area contributed by atoms with Crippen LogP contribution in [-0.4, -0.2) is 113 Å². The van der Waals surface area contributed by atoms with Crippen molar-refractivity contribution in [3.05, 3.63) is 69.6 Å². The van der Waals surface area contributed by atoms with Crippen LogP contribution in [0, 0.1) is 81.9 Å². The summed E-state index contributed by atoms with van der Waals surface area (Å²) >= 11 is 0. The van der Waals surface area contributed by atoms with Crippen LogP contribution in [0.4, 0.5) is 43.9 Å². The molecule has 0 radical (unpaired) electrons. The minimum Gasteiger partial charge on any atom is -0.340 e. The van der Waals surface area contributed by atoms with Gasteiger partial charge in [0.05, 0.1) is 30.8 Å². The van der Waals surface area contributed by atoms with E-state index in [0.29, 0.717) is 12.0 Å². The molecule has 2 aromatic heterocycles.